The van der Waals surface area contributed by atoms with Crippen LogP contribution in [0.4, 0.5) is 5.69 Å². The standard InChI is InChI=1S/C32H30N4O4S2/c1-35(2)42(37,38)28-16-10-15-27(20-28)34-32-36(29(23-41-32)26-13-8-5-9-14-26)33-21-25-17-18-30(39-3)31(19-25)40-22-24-11-6-4-7-12-24/h4-21,23H,22H2,1-3H3. The Morgan fingerprint density at radius 1 is 0.881 bits per heavy atom. The Morgan fingerprint density at radius 2 is 1.62 bits per heavy atom. The van der Waals surface area contributed by atoms with Crippen LogP contribution in [0.15, 0.2) is 123 Å². The molecule has 5 aromatic rings. The van der Waals surface area contributed by atoms with E-state index in [0.717, 1.165) is 22.4 Å². The molecule has 0 atom stereocenters. The minimum atomic E-state index is -3.60. The molecule has 0 radical (unpaired) electrons. The van der Waals surface area contributed by atoms with Crippen molar-refractivity contribution in [2.24, 2.45) is 10.1 Å². The van der Waals surface area contributed by atoms with E-state index in [4.69, 9.17) is 19.6 Å². The third kappa shape index (κ3) is 6.68. The molecule has 5 rings (SSSR count). The van der Waals surface area contributed by atoms with E-state index in [-0.39, 0.29) is 4.90 Å². The first-order valence-electron chi connectivity index (χ1n) is 13.1. The molecule has 0 fully saturated rings. The highest BCUT2D eigenvalue weighted by molar-refractivity contribution is 7.89. The number of methoxy groups -OCH3 is 1. The number of rotatable bonds is 10. The highest BCUT2D eigenvalue weighted by Crippen LogP contribution is 2.29. The number of benzene rings is 4. The number of sulfonamides is 1. The predicted molar refractivity (Wildman–Crippen MR) is 167 cm³/mol. The molecule has 0 bridgehead atoms. The van der Waals surface area contributed by atoms with Gasteiger partial charge in [0.1, 0.15) is 6.61 Å². The Hall–Kier alpha value is -4.51. The van der Waals surface area contributed by atoms with Crippen molar-refractivity contribution in [3.8, 4) is 22.8 Å². The van der Waals surface area contributed by atoms with Gasteiger partial charge in [0.25, 0.3) is 0 Å². The molecule has 0 aliphatic rings. The molecule has 1 heterocycles. The second kappa shape index (κ2) is 13.0. The van der Waals surface area contributed by atoms with Gasteiger partial charge < -0.3 is 9.47 Å². The summed E-state index contributed by atoms with van der Waals surface area (Å²) in [5, 5.41) is 6.79. The maximum atomic E-state index is 12.7. The van der Waals surface area contributed by atoms with E-state index in [0.29, 0.717) is 28.6 Å². The highest BCUT2D eigenvalue weighted by Gasteiger charge is 2.17. The Balaban J connectivity index is 1.53. The second-order valence-electron chi connectivity index (χ2n) is 9.41. The zero-order valence-corrected chi connectivity index (χ0v) is 25.0. The van der Waals surface area contributed by atoms with Gasteiger partial charge in [0.2, 0.25) is 14.8 Å². The number of thiazole rings is 1. The average Bonchev–Trinajstić information content (AvgIpc) is 3.42. The van der Waals surface area contributed by atoms with Crippen molar-refractivity contribution >= 4 is 33.3 Å². The summed E-state index contributed by atoms with van der Waals surface area (Å²) in [5.74, 6) is 1.23. The number of ether oxygens (including phenoxy) is 2. The molecule has 0 unspecified atom stereocenters. The first-order valence-corrected chi connectivity index (χ1v) is 15.4. The summed E-state index contributed by atoms with van der Waals surface area (Å²) in [4.78, 5) is 5.53. The van der Waals surface area contributed by atoms with Gasteiger partial charge in [-0.05, 0) is 47.5 Å². The Morgan fingerprint density at radius 3 is 2.33 bits per heavy atom. The van der Waals surface area contributed by atoms with Gasteiger partial charge in [0, 0.05) is 25.0 Å². The zero-order chi connectivity index (χ0) is 29.5. The molecule has 0 aliphatic carbocycles. The van der Waals surface area contributed by atoms with Gasteiger partial charge in [0.15, 0.2) is 11.5 Å². The summed E-state index contributed by atoms with van der Waals surface area (Å²) < 4.78 is 39.9. The fraction of sp³-hybridized carbons (Fsp3) is 0.125. The topological polar surface area (TPSA) is 85.5 Å². The van der Waals surface area contributed by atoms with Crippen LogP contribution >= 0.6 is 11.3 Å². The molecule has 0 spiro atoms. The summed E-state index contributed by atoms with van der Waals surface area (Å²) in [6.45, 7) is 0.404. The molecule has 1 aromatic heterocycles. The molecule has 0 saturated carbocycles. The second-order valence-corrected chi connectivity index (χ2v) is 12.4. The van der Waals surface area contributed by atoms with Gasteiger partial charge in [0.05, 0.1) is 29.6 Å². The van der Waals surface area contributed by atoms with Gasteiger partial charge in [-0.15, -0.1) is 11.3 Å². The molecule has 0 amide bonds. The number of nitrogens with zero attached hydrogens (tertiary/aromatic N) is 4. The van der Waals surface area contributed by atoms with Crippen LogP contribution in [0.1, 0.15) is 11.1 Å². The lowest BCUT2D eigenvalue weighted by Crippen LogP contribution is -2.22. The third-order valence-corrected chi connectivity index (χ3v) is 8.95. The van der Waals surface area contributed by atoms with E-state index in [1.54, 1.807) is 42.3 Å². The molecule has 42 heavy (non-hydrogen) atoms. The fourth-order valence-corrected chi connectivity index (χ4v) is 5.88. The Labute approximate surface area is 249 Å². The van der Waals surface area contributed by atoms with Crippen LogP contribution in [0.25, 0.3) is 11.3 Å². The predicted octanol–water partition coefficient (Wildman–Crippen LogP) is 6.17. The largest absolute Gasteiger partial charge is 0.493 e. The van der Waals surface area contributed by atoms with Crippen molar-refractivity contribution in [2.45, 2.75) is 11.5 Å². The van der Waals surface area contributed by atoms with Gasteiger partial charge in [-0.3, -0.25) is 0 Å². The minimum absolute atomic E-state index is 0.171. The van der Waals surface area contributed by atoms with E-state index in [1.807, 2.05) is 84.2 Å². The lowest BCUT2D eigenvalue weighted by atomic mass is 10.2. The minimum Gasteiger partial charge on any atom is -0.493 e. The highest BCUT2D eigenvalue weighted by atomic mass is 32.2. The lowest BCUT2D eigenvalue weighted by Gasteiger charge is -2.11. The molecule has 214 valence electrons. The fourth-order valence-electron chi connectivity index (χ4n) is 4.08. The average molecular weight is 599 g/mol. The summed E-state index contributed by atoms with van der Waals surface area (Å²) >= 11 is 1.41. The lowest BCUT2D eigenvalue weighted by molar-refractivity contribution is 0.284. The maximum Gasteiger partial charge on any atom is 0.242 e. The smallest absolute Gasteiger partial charge is 0.242 e. The summed E-state index contributed by atoms with van der Waals surface area (Å²) in [5.41, 5.74) is 4.18. The molecular formula is C32H30N4O4S2. The van der Waals surface area contributed by atoms with Crippen molar-refractivity contribution in [3.05, 3.63) is 124 Å². The van der Waals surface area contributed by atoms with E-state index >= 15 is 0 Å². The summed E-state index contributed by atoms with van der Waals surface area (Å²) in [6.07, 6.45) is 1.74. The Bertz CT molecular complexity index is 1860. The molecule has 0 aliphatic heterocycles. The van der Waals surface area contributed by atoms with Crippen molar-refractivity contribution in [3.63, 3.8) is 0 Å². The normalized spacial score (nSPS) is 12.2. The van der Waals surface area contributed by atoms with Crippen LogP contribution in [0.3, 0.4) is 0 Å². The molecule has 4 aromatic carbocycles. The summed E-state index contributed by atoms with van der Waals surface area (Å²) in [7, 11) is 1.02. The molecule has 0 N–H and O–H groups in total. The van der Waals surface area contributed by atoms with Crippen molar-refractivity contribution in [1.82, 2.24) is 8.98 Å². The van der Waals surface area contributed by atoms with Gasteiger partial charge >= 0.3 is 0 Å². The zero-order valence-electron chi connectivity index (χ0n) is 23.4. The van der Waals surface area contributed by atoms with Gasteiger partial charge in [-0.1, -0.05) is 66.7 Å². The number of aromatic nitrogens is 1. The maximum absolute atomic E-state index is 12.7. The van der Waals surface area contributed by atoms with Gasteiger partial charge in [-0.25, -0.2) is 22.4 Å². The van der Waals surface area contributed by atoms with E-state index in [9.17, 15) is 8.42 Å². The molecule has 8 nitrogen and oxygen atoms in total. The molecular weight excluding hydrogens is 569 g/mol. The third-order valence-electron chi connectivity index (χ3n) is 6.32. The van der Waals surface area contributed by atoms with Gasteiger partial charge in [-0.2, -0.15) is 5.10 Å². The van der Waals surface area contributed by atoms with Crippen LogP contribution in [0.5, 0.6) is 11.5 Å². The van der Waals surface area contributed by atoms with E-state index in [2.05, 4.69) is 0 Å². The van der Waals surface area contributed by atoms with Crippen molar-refractivity contribution in [2.75, 3.05) is 21.2 Å². The van der Waals surface area contributed by atoms with Crippen LogP contribution in [0, 0.1) is 0 Å². The van der Waals surface area contributed by atoms with Crippen molar-refractivity contribution < 1.29 is 17.9 Å². The van der Waals surface area contributed by atoms with E-state index < -0.39 is 10.0 Å². The first kappa shape index (κ1) is 29.0. The molecule has 10 heteroatoms. The van der Waals surface area contributed by atoms with Crippen molar-refractivity contribution in [1.29, 1.82) is 0 Å². The van der Waals surface area contributed by atoms with Crippen LogP contribution < -0.4 is 14.3 Å². The number of hydrogen-bond acceptors (Lipinski definition) is 7. The summed E-state index contributed by atoms with van der Waals surface area (Å²) in [6, 6.07) is 32.0. The quantitative estimate of drug-likeness (QED) is 0.180. The van der Waals surface area contributed by atoms with Crippen LogP contribution in [-0.4, -0.2) is 44.8 Å². The Kier molecular flexibility index (Phi) is 8.97. The number of hydrogen-bond donors (Lipinski definition) is 0. The first-order chi connectivity index (χ1) is 20.3. The SMILES string of the molecule is COc1ccc(C=Nn2c(-c3ccccc3)csc2=Nc2cccc(S(=O)(=O)N(C)C)c2)cc1OCc1ccccc1. The van der Waals surface area contributed by atoms with Crippen LogP contribution in [0.2, 0.25) is 0 Å². The molecule has 0 saturated heterocycles. The van der Waals surface area contributed by atoms with Crippen LogP contribution in [-0.2, 0) is 16.6 Å². The van der Waals surface area contributed by atoms with E-state index in [1.165, 1.54) is 29.7 Å². The monoisotopic (exact) mass is 598 g/mol.